The molecule has 0 spiro atoms. The lowest BCUT2D eigenvalue weighted by Gasteiger charge is -2.13. The molecule has 0 aliphatic carbocycles. The van der Waals surface area contributed by atoms with Crippen LogP contribution >= 0.6 is 0 Å². The zero-order chi connectivity index (χ0) is 18.6. The average molecular weight is 361 g/mol. The third kappa shape index (κ3) is 3.84. The zero-order valence-electron chi connectivity index (χ0n) is 15.1. The number of benzene rings is 1. The Bertz CT molecular complexity index is 1010. The molecule has 8 nitrogen and oxygen atoms in total. The van der Waals surface area contributed by atoms with E-state index in [1.54, 1.807) is 12.5 Å². The van der Waals surface area contributed by atoms with E-state index in [2.05, 4.69) is 30.6 Å². The highest BCUT2D eigenvalue weighted by Gasteiger charge is 2.13. The second kappa shape index (κ2) is 7.36. The largest absolute Gasteiger partial charge is 0.360 e. The van der Waals surface area contributed by atoms with Crippen molar-refractivity contribution < 1.29 is 4.52 Å². The maximum absolute atomic E-state index is 5.38. The summed E-state index contributed by atoms with van der Waals surface area (Å²) < 4.78 is 7.25. The number of rotatable bonds is 6. The Balaban J connectivity index is 1.44. The highest BCUT2D eigenvalue weighted by Crippen LogP contribution is 2.20. The van der Waals surface area contributed by atoms with Crippen LogP contribution < -0.4 is 5.32 Å². The number of nitrogens with one attached hydrogen (secondary N) is 1. The first-order chi connectivity index (χ1) is 13.2. The van der Waals surface area contributed by atoms with Crippen molar-refractivity contribution in [1.29, 1.82) is 0 Å². The van der Waals surface area contributed by atoms with Gasteiger partial charge in [-0.2, -0.15) is 4.98 Å². The molecule has 136 valence electrons. The molecule has 1 atom stereocenters. The monoisotopic (exact) mass is 361 g/mol. The Morgan fingerprint density at radius 3 is 2.70 bits per heavy atom. The predicted octanol–water partition coefficient (Wildman–Crippen LogP) is 3.02. The van der Waals surface area contributed by atoms with E-state index >= 15 is 0 Å². The zero-order valence-corrected chi connectivity index (χ0v) is 15.1. The van der Waals surface area contributed by atoms with Gasteiger partial charge in [-0.25, -0.2) is 4.98 Å². The average Bonchev–Trinajstić information content (AvgIpc) is 3.32. The van der Waals surface area contributed by atoms with Gasteiger partial charge in [0, 0.05) is 19.7 Å². The van der Waals surface area contributed by atoms with Crippen LogP contribution in [0.4, 0.5) is 5.82 Å². The second-order valence-electron chi connectivity index (χ2n) is 6.28. The Morgan fingerprint density at radius 1 is 1.15 bits per heavy atom. The molecular formula is C19H19N7O. The fourth-order valence-electron chi connectivity index (χ4n) is 2.80. The summed E-state index contributed by atoms with van der Waals surface area (Å²) in [5.41, 5.74) is 1.92. The molecule has 0 saturated heterocycles. The van der Waals surface area contributed by atoms with E-state index < -0.39 is 0 Å². The van der Waals surface area contributed by atoms with Gasteiger partial charge in [0.1, 0.15) is 12.1 Å². The number of anilines is 1. The first kappa shape index (κ1) is 16.9. The van der Waals surface area contributed by atoms with Gasteiger partial charge in [-0.3, -0.25) is 0 Å². The quantitative estimate of drug-likeness (QED) is 0.564. The van der Waals surface area contributed by atoms with Gasteiger partial charge in [-0.15, -0.1) is 10.2 Å². The van der Waals surface area contributed by atoms with Crippen molar-refractivity contribution >= 4 is 5.82 Å². The van der Waals surface area contributed by atoms with Crippen molar-refractivity contribution in [2.24, 2.45) is 7.05 Å². The van der Waals surface area contributed by atoms with Crippen LogP contribution in [0.5, 0.6) is 0 Å². The second-order valence-corrected chi connectivity index (χ2v) is 6.28. The minimum absolute atomic E-state index is 0.0169. The molecule has 0 saturated carbocycles. The third-order valence-electron chi connectivity index (χ3n) is 4.18. The van der Waals surface area contributed by atoms with Crippen molar-refractivity contribution in [2.75, 3.05) is 5.32 Å². The summed E-state index contributed by atoms with van der Waals surface area (Å²) in [6.45, 7) is 2.01. The maximum atomic E-state index is 5.38. The lowest BCUT2D eigenvalue weighted by atomic mass is 10.1. The molecule has 8 heteroatoms. The summed E-state index contributed by atoms with van der Waals surface area (Å²) in [6.07, 6.45) is 4.02. The molecule has 0 amide bonds. The van der Waals surface area contributed by atoms with Crippen LogP contribution in [0.2, 0.25) is 0 Å². The van der Waals surface area contributed by atoms with Crippen LogP contribution in [0.25, 0.3) is 11.5 Å². The summed E-state index contributed by atoms with van der Waals surface area (Å²) in [5, 5.41) is 15.4. The summed E-state index contributed by atoms with van der Waals surface area (Å²) in [4.78, 5) is 8.89. The minimum atomic E-state index is -0.0169. The van der Waals surface area contributed by atoms with Crippen molar-refractivity contribution in [1.82, 2.24) is 29.9 Å². The van der Waals surface area contributed by atoms with Crippen molar-refractivity contribution in [3.63, 3.8) is 0 Å². The molecule has 3 aromatic heterocycles. The summed E-state index contributed by atoms with van der Waals surface area (Å²) in [6, 6.07) is 13.8. The van der Waals surface area contributed by atoms with Crippen molar-refractivity contribution in [2.45, 2.75) is 19.4 Å². The first-order valence-electron chi connectivity index (χ1n) is 8.62. The van der Waals surface area contributed by atoms with Crippen LogP contribution in [0.1, 0.15) is 30.2 Å². The minimum Gasteiger partial charge on any atom is -0.360 e. The fraction of sp³-hybridized carbons (Fsp3) is 0.211. The molecule has 0 aliphatic heterocycles. The molecule has 4 rings (SSSR count). The fourth-order valence-corrected chi connectivity index (χ4v) is 2.80. The molecule has 3 heterocycles. The molecule has 0 aliphatic rings. The van der Waals surface area contributed by atoms with Crippen molar-refractivity contribution in [3.05, 3.63) is 72.2 Å². The summed E-state index contributed by atoms with van der Waals surface area (Å²) >= 11 is 0. The van der Waals surface area contributed by atoms with E-state index in [0.717, 1.165) is 22.8 Å². The molecule has 0 fully saturated rings. The number of aryl methyl sites for hydroxylation is 1. The predicted molar refractivity (Wildman–Crippen MR) is 99.8 cm³/mol. The topological polar surface area (TPSA) is 94.6 Å². The molecule has 27 heavy (non-hydrogen) atoms. The van der Waals surface area contributed by atoms with Gasteiger partial charge in [0.25, 0.3) is 5.89 Å². The molecule has 0 radical (unpaired) electrons. The Hall–Kier alpha value is -3.55. The van der Waals surface area contributed by atoms with E-state index in [1.165, 1.54) is 0 Å². The van der Waals surface area contributed by atoms with Gasteiger partial charge in [0.05, 0.1) is 11.6 Å². The molecule has 0 unspecified atom stereocenters. The Kier molecular flexibility index (Phi) is 4.61. The molecule has 1 aromatic carbocycles. The van der Waals surface area contributed by atoms with Gasteiger partial charge < -0.3 is 14.4 Å². The van der Waals surface area contributed by atoms with E-state index in [1.807, 2.05) is 61.0 Å². The number of pyridine rings is 1. The first-order valence-corrected chi connectivity index (χ1v) is 8.62. The molecular weight excluding hydrogens is 342 g/mol. The van der Waals surface area contributed by atoms with Crippen LogP contribution in [0, 0.1) is 0 Å². The van der Waals surface area contributed by atoms with Gasteiger partial charge in [-0.1, -0.05) is 35.5 Å². The van der Waals surface area contributed by atoms with Crippen molar-refractivity contribution in [3.8, 4) is 11.5 Å². The number of aromatic nitrogens is 6. The summed E-state index contributed by atoms with van der Waals surface area (Å²) in [5.74, 6) is 2.68. The molecule has 4 aromatic rings. The maximum Gasteiger partial charge on any atom is 0.259 e. The van der Waals surface area contributed by atoms with Crippen LogP contribution in [0.3, 0.4) is 0 Å². The van der Waals surface area contributed by atoms with Crippen LogP contribution in [0.15, 0.2) is 59.5 Å². The van der Waals surface area contributed by atoms with Gasteiger partial charge >= 0.3 is 0 Å². The third-order valence-corrected chi connectivity index (χ3v) is 4.18. The smallest absolute Gasteiger partial charge is 0.259 e. The SMILES string of the molecule is C[C@H](Nc1ccc(-c2nc(Cc3ccccc3)no2)cn1)c1nncn1C. The Morgan fingerprint density at radius 2 is 2.00 bits per heavy atom. The number of hydrogen-bond acceptors (Lipinski definition) is 7. The van der Waals surface area contributed by atoms with E-state index in [4.69, 9.17) is 4.52 Å². The number of hydrogen-bond donors (Lipinski definition) is 1. The van der Waals surface area contributed by atoms with E-state index in [0.29, 0.717) is 18.1 Å². The van der Waals surface area contributed by atoms with E-state index in [-0.39, 0.29) is 6.04 Å². The highest BCUT2D eigenvalue weighted by molar-refractivity contribution is 5.54. The normalized spacial score (nSPS) is 12.1. The molecule has 1 N–H and O–H groups in total. The highest BCUT2D eigenvalue weighted by atomic mass is 16.5. The van der Waals surface area contributed by atoms with Gasteiger partial charge in [0.2, 0.25) is 0 Å². The van der Waals surface area contributed by atoms with Crippen LogP contribution in [-0.2, 0) is 13.5 Å². The lowest BCUT2D eigenvalue weighted by Crippen LogP contribution is -2.12. The van der Waals surface area contributed by atoms with Crippen LogP contribution in [-0.4, -0.2) is 29.9 Å². The summed E-state index contributed by atoms with van der Waals surface area (Å²) in [7, 11) is 1.91. The standard InChI is InChI=1S/C19H19N7O/c1-13(18-24-21-12-26(18)2)22-16-9-8-15(11-20-16)19-23-17(25-27-19)10-14-6-4-3-5-7-14/h3-9,11-13H,10H2,1-2H3,(H,20,22)/t13-/m0/s1. The molecule has 0 bridgehead atoms. The Labute approximate surface area is 156 Å². The number of nitrogens with zero attached hydrogens (tertiary/aromatic N) is 6. The van der Waals surface area contributed by atoms with Gasteiger partial charge in [0.15, 0.2) is 11.6 Å². The van der Waals surface area contributed by atoms with Gasteiger partial charge in [-0.05, 0) is 24.6 Å². The lowest BCUT2D eigenvalue weighted by molar-refractivity contribution is 0.424. The van der Waals surface area contributed by atoms with E-state index in [9.17, 15) is 0 Å².